The Hall–Kier alpha value is -1.84. The molecule has 26 heavy (non-hydrogen) atoms. The van der Waals surface area contributed by atoms with Crippen molar-refractivity contribution in [2.24, 2.45) is 5.73 Å². The molecule has 0 saturated heterocycles. The number of rotatable bonds is 6. The van der Waals surface area contributed by atoms with Crippen LogP contribution in [0.3, 0.4) is 0 Å². The van der Waals surface area contributed by atoms with Crippen LogP contribution in [0.5, 0.6) is 0 Å². The lowest BCUT2D eigenvalue weighted by atomic mass is 10.2. The van der Waals surface area contributed by atoms with Crippen molar-refractivity contribution >= 4 is 40.8 Å². The summed E-state index contributed by atoms with van der Waals surface area (Å²) in [6.07, 6.45) is 0.261. The lowest BCUT2D eigenvalue weighted by Crippen LogP contribution is -2.13. The number of amides is 1. The summed E-state index contributed by atoms with van der Waals surface area (Å²) in [6.45, 7) is 1.93. The van der Waals surface area contributed by atoms with Crippen LogP contribution in [0, 0.1) is 6.92 Å². The molecule has 1 aromatic carbocycles. The third-order valence-corrected chi connectivity index (χ3v) is 7.61. The molecule has 1 atom stereocenters. The summed E-state index contributed by atoms with van der Waals surface area (Å²) in [7, 11) is 0. The van der Waals surface area contributed by atoms with Crippen LogP contribution in [0.1, 0.15) is 16.6 Å². The minimum absolute atomic E-state index is 0.261. The van der Waals surface area contributed by atoms with Crippen molar-refractivity contribution in [3.63, 3.8) is 0 Å². The Kier molecular flexibility index (Phi) is 5.01. The molecule has 3 aromatic rings. The van der Waals surface area contributed by atoms with Gasteiger partial charge in [-0.15, -0.1) is 21.5 Å². The monoisotopic (exact) mass is 403 g/mol. The van der Waals surface area contributed by atoms with Crippen LogP contribution in [-0.4, -0.2) is 37.2 Å². The maximum Gasteiger partial charge on any atom is 0.222 e. The Labute approximate surface area is 163 Å². The van der Waals surface area contributed by atoms with Gasteiger partial charge in [0, 0.05) is 21.9 Å². The summed E-state index contributed by atoms with van der Waals surface area (Å²) in [5.41, 5.74) is 7.28. The van der Waals surface area contributed by atoms with Gasteiger partial charge in [0.05, 0.1) is 18.2 Å². The highest BCUT2D eigenvalue weighted by molar-refractivity contribution is 8.01. The third kappa shape index (κ3) is 3.51. The third-order valence-electron chi connectivity index (χ3n) is 4.07. The van der Waals surface area contributed by atoms with Crippen molar-refractivity contribution < 1.29 is 4.79 Å². The Morgan fingerprint density at radius 2 is 2.15 bits per heavy atom. The van der Waals surface area contributed by atoms with E-state index in [0.717, 1.165) is 43.0 Å². The number of aryl methyl sites for hydroxylation is 1. The van der Waals surface area contributed by atoms with Crippen molar-refractivity contribution in [1.82, 2.24) is 19.7 Å². The molecule has 1 aliphatic rings. The van der Waals surface area contributed by atoms with Crippen LogP contribution in [0.4, 0.5) is 0 Å². The summed E-state index contributed by atoms with van der Waals surface area (Å²) in [4.78, 5) is 16.7. The second-order valence-electron chi connectivity index (χ2n) is 5.95. The van der Waals surface area contributed by atoms with E-state index in [1.54, 1.807) is 34.9 Å². The molecule has 1 aliphatic heterocycles. The number of fused-ring (bicyclic) bond motifs is 1. The quantitative estimate of drug-likeness (QED) is 0.636. The molecule has 134 valence electrons. The average Bonchev–Trinajstić information content (AvgIpc) is 3.30. The van der Waals surface area contributed by atoms with Crippen molar-refractivity contribution in [3.8, 4) is 11.4 Å². The first-order chi connectivity index (χ1) is 12.6. The number of carbonyl (C=O) groups excluding carboxylic acids is 1. The van der Waals surface area contributed by atoms with E-state index < -0.39 is 0 Å². The van der Waals surface area contributed by atoms with Crippen LogP contribution in [0.2, 0.25) is 0 Å². The Bertz CT molecular complexity index is 937. The number of aromatic nitrogens is 4. The largest absolute Gasteiger partial charge is 0.369 e. The first kappa shape index (κ1) is 17.6. The smallest absolute Gasteiger partial charge is 0.222 e. The van der Waals surface area contributed by atoms with Crippen molar-refractivity contribution in [2.45, 2.75) is 28.9 Å². The van der Waals surface area contributed by atoms with Crippen LogP contribution >= 0.6 is 34.9 Å². The molecule has 1 amide bonds. The topological polar surface area (TPSA) is 86.7 Å². The van der Waals surface area contributed by atoms with Gasteiger partial charge in [0.2, 0.25) is 5.91 Å². The predicted molar refractivity (Wildman–Crippen MR) is 106 cm³/mol. The number of benzene rings is 1. The minimum Gasteiger partial charge on any atom is -0.369 e. The Morgan fingerprint density at radius 3 is 2.92 bits per heavy atom. The van der Waals surface area contributed by atoms with Crippen molar-refractivity contribution in [2.75, 3.05) is 11.5 Å². The standard InChI is InChI=1S/C17H17N5OS3/c1-10-13(7-14(18)23)26-17(19-10)25-9-12-8-24-16-21-20-15(22(12)16)11-5-3-2-4-6-11/h2-6,12H,7-9H2,1H3,(H2,18,23)/t12-/m1/s1. The molecular formula is C17H17N5OS3. The lowest BCUT2D eigenvalue weighted by Gasteiger charge is -2.13. The van der Waals surface area contributed by atoms with Gasteiger partial charge in [0.1, 0.15) is 4.34 Å². The fourth-order valence-electron chi connectivity index (χ4n) is 2.81. The van der Waals surface area contributed by atoms with Gasteiger partial charge in [-0.2, -0.15) is 0 Å². The molecular weight excluding hydrogens is 386 g/mol. The number of nitrogens with two attached hydrogens (primary N) is 1. The van der Waals surface area contributed by atoms with E-state index in [0.29, 0.717) is 6.04 Å². The zero-order valence-corrected chi connectivity index (χ0v) is 16.5. The van der Waals surface area contributed by atoms with E-state index in [2.05, 4.69) is 31.9 Å². The predicted octanol–water partition coefficient (Wildman–Crippen LogP) is 3.18. The maximum absolute atomic E-state index is 11.2. The van der Waals surface area contributed by atoms with Crippen LogP contribution in [0.15, 0.2) is 39.8 Å². The van der Waals surface area contributed by atoms with Crippen molar-refractivity contribution in [3.05, 3.63) is 40.9 Å². The fraction of sp³-hybridized carbons (Fsp3) is 0.294. The van der Waals surface area contributed by atoms with E-state index >= 15 is 0 Å². The molecule has 9 heteroatoms. The lowest BCUT2D eigenvalue weighted by molar-refractivity contribution is -0.117. The van der Waals surface area contributed by atoms with Gasteiger partial charge in [-0.1, -0.05) is 53.9 Å². The summed E-state index contributed by atoms with van der Waals surface area (Å²) >= 11 is 5.02. The molecule has 0 fully saturated rings. The summed E-state index contributed by atoms with van der Waals surface area (Å²) < 4.78 is 3.21. The highest BCUT2D eigenvalue weighted by Gasteiger charge is 2.28. The number of nitrogens with zero attached hydrogens (tertiary/aromatic N) is 4. The van der Waals surface area contributed by atoms with Crippen LogP contribution < -0.4 is 5.73 Å². The number of hydrogen-bond acceptors (Lipinski definition) is 7. The molecule has 0 spiro atoms. The van der Waals surface area contributed by atoms with E-state index in [-0.39, 0.29) is 12.3 Å². The molecule has 0 unspecified atom stereocenters. The Balaban J connectivity index is 1.51. The van der Waals surface area contributed by atoms with Gasteiger partial charge in [-0.25, -0.2) is 4.98 Å². The molecule has 2 N–H and O–H groups in total. The molecule has 0 saturated carbocycles. The second kappa shape index (κ2) is 7.42. The van der Waals surface area contributed by atoms with Gasteiger partial charge >= 0.3 is 0 Å². The molecule has 4 rings (SSSR count). The highest BCUT2D eigenvalue weighted by atomic mass is 32.2. The molecule has 6 nitrogen and oxygen atoms in total. The molecule has 0 aliphatic carbocycles. The van der Waals surface area contributed by atoms with E-state index in [1.807, 2.05) is 25.1 Å². The van der Waals surface area contributed by atoms with E-state index in [9.17, 15) is 4.79 Å². The first-order valence-corrected chi connectivity index (χ1v) is 10.9. The van der Waals surface area contributed by atoms with Crippen LogP contribution in [0.25, 0.3) is 11.4 Å². The van der Waals surface area contributed by atoms with Crippen LogP contribution in [-0.2, 0) is 11.2 Å². The summed E-state index contributed by atoms with van der Waals surface area (Å²) in [5.74, 6) is 2.47. The van der Waals surface area contributed by atoms with Gasteiger partial charge in [-0.05, 0) is 6.92 Å². The maximum atomic E-state index is 11.2. The highest BCUT2D eigenvalue weighted by Crippen LogP contribution is 2.39. The van der Waals surface area contributed by atoms with E-state index in [1.165, 1.54) is 0 Å². The first-order valence-electron chi connectivity index (χ1n) is 8.12. The van der Waals surface area contributed by atoms with Gasteiger partial charge in [-0.3, -0.25) is 9.36 Å². The van der Waals surface area contributed by atoms with Gasteiger partial charge in [0.25, 0.3) is 0 Å². The van der Waals surface area contributed by atoms with E-state index in [4.69, 9.17) is 5.73 Å². The minimum atomic E-state index is -0.317. The molecule has 0 radical (unpaired) electrons. The number of primary amides is 1. The summed E-state index contributed by atoms with van der Waals surface area (Å²) in [5, 5.41) is 9.69. The second-order valence-corrected chi connectivity index (χ2v) is 9.29. The molecule has 0 bridgehead atoms. The number of carbonyl (C=O) groups is 1. The Morgan fingerprint density at radius 1 is 1.35 bits per heavy atom. The zero-order valence-electron chi connectivity index (χ0n) is 14.1. The van der Waals surface area contributed by atoms with Gasteiger partial charge in [0.15, 0.2) is 11.0 Å². The zero-order chi connectivity index (χ0) is 18.1. The number of thiazole rings is 1. The van der Waals surface area contributed by atoms with Crippen molar-refractivity contribution in [1.29, 1.82) is 0 Å². The molecule has 2 aromatic heterocycles. The SMILES string of the molecule is Cc1nc(SC[C@H]2CSc3nnc(-c4ccccc4)n32)sc1CC(N)=O. The number of hydrogen-bond donors (Lipinski definition) is 1. The normalized spacial score (nSPS) is 16.0. The fourth-order valence-corrected chi connectivity index (χ4v) is 6.39. The molecule has 3 heterocycles. The van der Waals surface area contributed by atoms with Gasteiger partial charge < -0.3 is 5.73 Å². The average molecular weight is 404 g/mol. The summed E-state index contributed by atoms with van der Waals surface area (Å²) in [6, 6.07) is 10.5. The number of thioether (sulfide) groups is 2.